The maximum absolute atomic E-state index is 5.75. The normalized spacial score (nSPS) is 23.9. The first-order valence-electron chi connectivity index (χ1n) is 5.62. The summed E-state index contributed by atoms with van der Waals surface area (Å²) in [4.78, 5) is 0. The monoisotopic (exact) mass is 283 g/mol. The molecular weight excluding hydrogens is 270 g/mol. The van der Waals surface area contributed by atoms with E-state index < -0.39 is 0 Å². The summed E-state index contributed by atoms with van der Waals surface area (Å²) < 4.78 is 12.4. The molecule has 0 aromatic heterocycles. The molecule has 16 heavy (non-hydrogen) atoms. The van der Waals surface area contributed by atoms with E-state index >= 15 is 0 Å². The molecule has 1 unspecified atom stereocenters. The molecule has 0 amide bonds. The number of hydrogen-bond donors (Lipinski definition) is 1. The van der Waals surface area contributed by atoms with Gasteiger partial charge in [0, 0.05) is 19.5 Å². The summed E-state index contributed by atoms with van der Waals surface area (Å²) in [5, 5.41) is 3.35. The van der Waals surface area contributed by atoms with Gasteiger partial charge < -0.3 is 14.8 Å². The molecule has 1 aromatic carbocycles. The Morgan fingerprint density at radius 2 is 2.25 bits per heavy atom. The average molecular weight is 284 g/mol. The Hall–Kier alpha value is -0.580. The Morgan fingerprint density at radius 3 is 3.06 bits per heavy atom. The second-order valence-electron chi connectivity index (χ2n) is 4.15. The SMILES string of the molecule is Brc1cc(C2CNCCO2)cc2c1OCC2. The van der Waals surface area contributed by atoms with Gasteiger partial charge in [-0.15, -0.1) is 0 Å². The van der Waals surface area contributed by atoms with Crippen molar-refractivity contribution in [1.29, 1.82) is 0 Å². The van der Waals surface area contributed by atoms with E-state index in [0.29, 0.717) is 0 Å². The lowest BCUT2D eigenvalue weighted by atomic mass is 10.0. The van der Waals surface area contributed by atoms with E-state index in [4.69, 9.17) is 9.47 Å². The highest BCUT2D eigenvalue weighted by Gasteiger charge is 2.21. The quantitative estimate of drug-likeness (QED) is 0.856. The number of morpholine rings is 1. The Bertz CT molecular complexity index is 402. The number of benzene rings is 1. The van der Waals surface area contributed by atoms with Crippen molar-refractivity contribution in [3.05, 3.63) is 27.7 Å². The summed E-state index contributed by atoms with van der Waals surface area (Å²) >= 11 is 3.56. The van der Waals surface area contributed by atoms with Crippen LogP contribution in [0.5, 0.6) is 5.75 Å². The predicted molar refractivity (Wildman–Crippen MR) is 64.9 cm³/mol. The van der Waals surface area contributed by atoms with Crippen molar-refractivity contribution in [1.82, 2.24) is 5.32 Å². The van der Waals surface area contributed by atoms with Crippen molar-refractivity contribution >= 4 is 15.9 Å². The van der Waals surface area contributed by atoms with Gasteiger partial charge in [0.15, 0.2) is 0 Å². The van der Waals surface area contributed by atoms with Crippen LogP contribution in [-0.4, -0.2) is 26.3 Å². The van der Waals surface area contributed by atoms with Crippen molar-refractivity contribution in [3.8, 4) is 5.75 Å². The minimum absolute atomic E-state index is 0.177. The third-order valence-electron chi connectivity index (χ3n) is 3.06. The van der Waals surface area contributed by atoms with Gasteiger partial charge in [-0.05, 0) is 39.2 Å². The van der Waals surface area contributed by atoms with Crippen LogP contribution in [0.2, 0.25) is 0 Å². The zero-order chi connectivity index (χ0) is 11.0. The van der Waals surface area contributed by atoms with E-state index in [-0.39, 0.29) is 6.10 Å². The van der Waals surface area contributed by atoms with Crippen molar-refractivity contribution in [2.24, 2.45) is 0 Å². The van der Waals surface area contributed by atoms with Gasteiger partial charge in [0.1, 0.15) is 5.75 Å². The fourth-order valence-electron chi connectivity index (χ4n) is 2.25. The van der Waals surface area contributed by atoms with Gasteiger partial charge in [0.05, 0.1) is 23.8 Å². The van der Waals surface area contributed by atoms with Crippen LogP contribution in [0.1, 0.15) is 17.2 Å². The van der Waals surface area contributed by atoms with Crippen LogP contribution < -0.4 is 10.1 Å². The molecule has 1 aromatic rings. The van der Waals surface area contributed by atoms with Crippen LogP contribution in [0.25, 0.3) is 0 Å². The minimum Gasteiger partial charge on any atom is -0.492 e. The third-order valence-corrected chi connectivity index (χ3v) is 3.65. The van der Waals surface area contributed by atoms with E-state index in [2.05, 4.69) is 33.4 Å². The molecule has 0 bridgehead atoms. The predicted octanol–water partition coefficient (Wildman–Crippen LogP) is 2.04. The van der Waals surface area contributed by atoms with Crippen molar-refractivity contribution in [2.75, 3.05) is 26.3 Å². The van der Waals surface area contributed by atoms with Crippen LogP contribution in [0.3, 0.4) is 0 Å². The highest BCUT2D eigenvalue weighted by atomic mass is 79.9. The average Bonchev–Trinajstić information content (AvgIpc) is 2.79. The first-order valence-corrected chi connectivity index (χ1v) is 6.41. The molecule has 0 aliphatic carbocycles. The van der Waals surface area contributed by atoms with Crippen LogP contribution in [0.4, 0.5) is 0 Å². The summed E-state index contributed by atoms with van der Waals surface area (Å²) in [5.41, 5.74) is 2.53. The standard InChI is InChI=1S/C12H14BrNO2/c13-10-6-9(11-7-14-2-4-15-11)5-8-1-3-16-12(8)10/h5-6,11,14H,1-4,7H2. The van der Waals surface area contributed by atoms with Crippen LogP contribution in [-0.2, 0) is 11.2 Å². The zero-order valence-corrected chi connectivity index (χ0v) is 10.5. The fourth-order valence-corrected chi connectivity index (χ4v) is 2.88. The highest BCUT2D eigenvalue weighted by molar-refractivity contribution is 9.10. The Morgan fingerprint density at radius 1 is 1.31 bits per heavy atom. The Labute approximate surface area is 103 Å². The molecule has 0 spiro atoms. The number of ether oxygens (including phenoxy) is 2. The summed E-state index contributed by atoms with van der Waals surface area (Å²) in [5.74, 6) is 1.01. The summed E-state index contributed by atoms with van der Waals surface area (Å²) in [6, 6.07) is 4.33. The minimum atomic E-state index is 0.177. The maximum atomic E-state index is 5.75. The molecule has 1 atom stereocenters. The number of fused-ring (bicyclic) bond motifs is 1. The van der Waals surface area contributed by atoms with Crippen LogP contribution in [0, 0.1) is 0 Å². The van der Waals surface area contributed by atoms with Crippen LogP contribution >= 0.6 is 15.9 Å². The van der Waals surface area contributed by atoms with E-state index in [9.17, 15) is 0 Å². The van der Waals surface area contributed by atoms with Crippen molar-refractivity contribution in [2.45, 2.75) is 12.5 Å². The largest absolute Gasteiger partial charge is 0.492 e. The van der Waals surface area contributed by atoms with Gasteiger partial charge in [-0.1, -0.05) is 0 Å². The third kappa shape index (κ3) is 1.85. The molecular formula is C12H14BrNO2. The van der Waals surface area contributed by atoms with Gasteiger partial charge in [-0.3, -0.25) is 0 Å². The van der Waals surface area contributed by atoms with Gasteiger partial charge in [0.2, 0.25) is 0 Å². The summed E-state index contributed by atoms with van der Waals surface area (Å²) in [6.45, 7) is 3.43. The first kappa shape index (κ1) is 10.6. The lowest BCUT2D eigenvalue weighted by molar-refractivity contribution is 0.0276. The van der Waals surface area contributed by atoms with Gasteiger partial charge in [-0.2, -0.15) is 0 Å². The molecule has 0 radical (unpaired) electrons. The Kier molecular flexibility index (Phi) is 2.88. The molecule has 0 saturated carbocycles. The second kappa shape index (κ2) is 4.35. The topological polar surface area (TPSA) is 30.5 Å². The first-order chi connectivity index (χ1) is 7.84. The highest BCUT2D eigenvalue weighted by Crippen LogP contribution is 2.37. The van der Waals surface area contributed by atoms with E-state index in [1.165, 1.54) is 11.1 Å². The molecule has 2 heterocycles. The van der Waals surface area contributed by atoms with Gasteiger partial charge >= 0.3 is 0 Å². The van der Waals surface area contributed by atoms with E-state index in [1.807, 2.05) is 0 Å². The van der Waals surface area contributed by atoms with Crippen molar-refractivity contribution < 1.29 is 9.47 Å². The van der Waals surface area contributed by atoms with Gasteiger partial charge in [0.25, 0.3) is 0 Å². The fraction of sp³-hybridized carbons (Fsp3) is 0.500. The van der Waals surface area contributed by atoms with E-state index in [0.717, 1.165) is 42.9 Å². The van der Waals surface area contributed by atoms with Gasteiger partial charge in [-0.25, -0.2) is 0 Å². The lowest BCUT2D eigenvalue weighted by Crippen LogP contribution is -2.33. The molecule has 2 aliphatic rings. The van der Waals surface area contributed by atoms with Crippen LogP contribution in [0.15, 0.2) is 16.6 Å². The molecule has 3 nitrogen and oxygen atoms in total. The lowest BCUT2D eigenvalue weighted by Gasteiger charge is -2.24. The smallest absolute Gasteiger partial charge is 0.136 e. The number of rotatable bonds is 1. The second-order valence-corrected chi connectivity index (χ2v) is 5.01. The number of nitrogens with one attached hydrogen (secondary N) is 1. The molecule has 3 rings (SSSR count). The number of hydrogen-bond acceptors (Lipinski definition) is 3. The molecule has 4 heteroatoms. The van der Waals surface area contributed by atoms with E-state index in [1.54, 1.807) is 0 Å². The zero-order valence-electron chi connectivity index (χ0n) is 8.96. The summed E-state index contributed by atoms with van der Waals surface area (Å²) in [6.07, 6.45) is 1.18. The molecule has 2 aliphatic heterocycles. The molecule has 1 N–H and O–H groups in total. The van der Waals surface area contributed by atoms with Crippen molar-refractivity contribution in [3.63, 3.8) is 0 Å². The number of halogens is 1. The molecule has 1 saturated heterocycles. The summed E-state index contributed by atoms with van der Waals surface area (Å²) in [7, 11) is 0. The molecule has 86 valence electrons. The Balaban J connectivity index is 1.92. The molecule has 1 fully saturated rings. The maximum Gasteiger partial charge on any atom is 0.136 e.